The largest absolute Gasteiger partial charge is 0.481 e. The van der Waals surface area contributed by atoms with Gasteiger partial charge in [0.05, 0.1) is 11.8 Å². The number of ketones is 1. The van der Waals surface area contributed by atoms with Crippen LogP contribution in [0.25, 0.3) is 0 Å². The minimum Gasteiger partial charge on any atom is -0.481 e. The van der Waals surface area contributed by atoms with Crippen LogP contribution in [0.4, 0.5) is 0 Å². The van der Waals surface area contributed by atoms with Crippen molar-refractivity contribution < 1.29 is 24.2 Å². The van der Waals surface area contributed by atoms with Crippen LogP contribution in [0.3, 0.4) is 0 Å². The van der Waals surface area contributed by atoms with Gasteiger partial charge in [0, 0.05) is 12.8 Å². The average Bonchev–Trinajstić information content (AvgIpc) is 2.56. The van der Waals surface area contributed by atoms with Gasteiger partial charge in [-0.05, 0) is 43.4 Å². The van der Waals surface area contributed by atoms with E-state index >= 15 is 0 Å². The van der Waals surface area contributed by atoms with E-state index in [4.69, 9.17) is 9.84 Å². The fourth-order valence-corrected chi connectivity index (χ4v) is 2.80. The molecule has 1 N–H and O–H groups in total. The summed E-state index contributed by atoms with van der Waals surface area (Å²) in [5.74, 6) is -1.02. The van der Waals surface area contributed by atoms with Crippen LogP contribution in [-0.2, 0) is 20.8 Å². The van der Waals surface area contributed by atoms with E-state index in [-0.39, 0.29) is 23.6 Å². The van der Waals surface area contributed by atoms with Crippen LogP contribution in [0, 0.1) is 11.8 Å². The van der Waals surface area contributed by atoms with Gasteiger partial charge >= 0.3 is 11.9 Å². The molecule has 0 saturated heterocycles. The number of ether oxygens (including phenoxy) is 1. The van der Waals surface area contributed by atoms with E-state index < -0.39 is 5.97 Å². The van der Waals surface area contributed by atoms with E-state index in [2.05, 4.69) is 0 Å². The highest BCUT2D eigenvalue weighted by molar-refractivity contribution is 5.80. The van der Waals surface area contributed by atoms with Gasteiger partial charge < -0.3 is 9.84 Å². The van der Waals surface area contributed by atoms with Crippen LogP contribution >= 0.6 is 0 Å². The first-order valence-corrected chi connectivity index (χ1v) is 8.04. The van der Waals surface area contributed by atoms with Crippen molar-refractivity contribution in [3.05, 3.63) is 29.8 Å². The Labute approximate surface area is 135 Å². The third-order valence-electron chi connectivity index (χ3n) is 4.35. The molecule has 23 heavy (non-hydrogen) atoms. The molecule has 1 aromatic rings. The molecular formula is C18H22O5. The molecule has 0 amide bonds. The molecule has 0 bridgehead atoms. The highest BCUT2D eigenvalue weighted by Crippen LogP contribution is 2.30. The van der Waals surface area contributed by atoms with E-state index in [0.29, 0.717) is 44.3 Å². The molecular weight excluding hydrogens is 296 g/mol. The van der Waals surface area contributed by atoms with Gasteiger partial charge in [-0.2, -0.15) is 0 Å². The van der Waals surface area contributed by atoms with Crippen LogP contribution in [0.1, 0.15) is 44.6 Å². The van der Waals surface area contributed by atoms with Crippen molar-refractivity contribution in [1.29, 1.82) is 0 Å². The molecule has 124 valence electrons. The standard InChI is InChI=1S/C18H22O5/c1-2-15(19)11-12-3-9-16(10-4-12)23-18(22)14-7-5-13(6-8-14)17(20)21/h3-4,9-10,13-14H,2,5-8,11H2,1H3,(H,20,21). The summed E-state index contributed by atoms with van der Waals surface area (Å²) in [7, 11) is 0. The monoisotopic (exact) mass is 318 g/mol. The molecule has 5 nitrogen and oxygen atoms in total. The van der Waals surface area contributed by atoms with Crippen molar-refractivity contribution >= 4 is 17.7 Å². The molecule has 1 aromatic carbocycles. The third kappa shape index (κ3) is 4.91. The van der Waals surface area contributed by atoms with Crippen LogP contribution in [-0.4, -0.2) is 22.8 Å². The molecule has 0 aliphatic heterocycles. The maximum absolute atomic E-state index is 12.1. The van der Waals surface area contributed by atoms with Gasteiger partial charge in [0.25, 0.3) is 0 Å². The lowest BCUT2D eigenvalue weighted by Crippen LogP contribution is -2.28. The van der Waals surface area contributed by atoms with Gasteiger partial charge in [-0.1, -0.05) is 19.1 Å². The zero-order valence-electron chi connectivity index (χ0n) is 13.3. The number of aliphatic carboxylic acids is 1. The Morgan fingerprint density at radius 3 is 2.13 bits per heavy atom. The maximum Gasteiger partial charge on any atom is 0.314 e. The number of esters is 1. The predicted molar refractivity (Wildman–Crippen MR) is 84.2 cm³/mol. The van der Waals surface area contributed by atoms with Gasteiger partial charge in [-0.25, -0.2) is 0 Å². The quantitative estimate of drug-likeness (QED) is 0.644. The molecule has 1 aliphatic carbocycles. The van der Waals surface area contributed by atoms with Gasteiger partial charge in [-0.3, -0.25) is 14.4 Å². The maximum atomic E-state index is 12.1. The summed E-state index contributed by atoms with van der Waals surface area (Å²) in [6.45, 7) is 1.83. The topological polar surface area (TPSA) is 80.7 Å². The molecule has 2 rings (SSSR count). The van der Waals surface area contributed by atoms with E-state index in [1.807, 2.05) is 6.92 Å². The number of benzene rings is 1. The smallest absolute Gasteiger partial charge is 0.314 e. The molecule has 1 saturated carbocycles. The third-order valence-corrected chi connectivity index (χ3v) is 4.35. The second kappa shape index (κ2) is 7.90. The molecule has 5 heteroatoms. The number of Topliss-reactive ketones (excluding diaryl/α,β-unsaturated/α-hetero) is 1. The summed E-state index contributed by atoms with van der Waals surface area (Å²) in [5, 5.41) is 8.96. The second-order valence-corrected chi connectivity index (χ2v) is 6.02. The van der Waals surface area contributed by atoms with Crippen molar-refractivity contribution in [1.82, 2.24) is 0 Å². The van der Waals surface area contributed by atoms with Crippen LogP contribution in [0.2, 0.25) is 0 Å². The van der Waals surface area contributed by atoms with Crippen molar-refractivity contribution in [3.8, 4) is 5.75 Å². The van der Waals surface area contributed by atoms with E-state index in [0.717, 1.165) is 5.56 Å². The Morgan fingerprint density at radius 2 is 1.61 bits per heavy atom. The number of carbonyl (C=O) groups excluding carboxylic acids is 2. The molecule has 0 unspecified atom stereocenters. The highest BCUT2D eigenvalue weighted by Gasteiger charge is 2.30. The number of carbonyl (C=O) groups is 3. The zero-order chi connectivity index (χ0) is 16.8. The van der Waals surface area contributed by atoms with E-state index in [1.165, 1.54) is 0 Å². The Hall–Kier alpha value is -2.17. The van der Waals surface area contributed by atoms with Crippen LogP contribution in [0.15, 0.2) is 24.3 Å². The SMILES string of the molecule is CCC(=O)Cc1ccc(OC(=O)C2CCC(C(=O)O)CC2)cc1. The molecule has 0 atom stereocenters. The lowest BCUT2D eigenvalue weighted by molar-refractivity contribution is -0.146. The van der Waals surface area contributed by atoms with Crippen molar-refractivity contribution in [2.45, 2.75) is 45.4 Å². The summed E-state index contributed by atoms with van der Waals surface area (Å²) < 4.78 is 5.36. The molecule has 0 heterocycles. The van der Waals surface area contributed by atoms with Gasteiger partial charge in [0.15, 0.2) is 0 Å². The first kappa shape index (κ1) is 17.2. The Bertz CT molecular complexity index is 568. The van der Waals surface area contributed by atoms with Gasteiger partial charge in [0.2, 0.25) is 0 Å². The lowest BCUT2D eigenvalue weighted by Gasteiger charge is -2.24. The Kier molecular flexibility index (Phi) is 5.90. The van der Waals surface area contributed by atoms with Crippen molar-refractivity contribution in [3.63, 3.8) is 0 Å². The highest BCUT2D eigenvalue weighted by atomic mass is 16.5. The number of hydrogen-bond acceptors (Lipinski definition) is 4. The van der Waals surface area contributed by atoms with E-state index in [1.54, 1.807) is 24.3 Å². The predicted octanol–water partition coefficient (Wildman–Crippen LogP) is 3.00. The molecule has 1 aliphatic rings. The number of hydrogen-bond donors (Lipinski definition) is 1. The molecule has 0 aromatic heterocycles. The first-order valence-electron chi connectivity index (χ1n) is 8.04. The van der Waals surface area contributed by atoms with Crippen molar-refractivity contribution in [2.24, 2.45) is 11.8 Å². The van der Waals surface area contributed by atoms with Gasteiger partial charge in [-0.15, -0.1) is 0 Å². The second-order valence-electron chi connectivity index (χ2n) is 6.02. The first-order chi connectivity index (χ1) is 11.0. The lowest BCUT2D eigenvalue weighted by atomic mass is 9.82. The average molecular weight is 318 g/mol. The molecule has 0 radical (unpaired) electrons. The number of rotatable bonds is 6. The van der Waals surface area contributed by atoms with Crippen LogP contribution in [0.5, 0.6) is 5.75 Å². The minimum absolute atomic E-state index is 0.171. The van der Waals surface area contributed by atoms with E-state index in [9.17, 15) is 14.4 Å². The molecule has 1 fully saturated rings. The fourth-order valence-electron chi connectivity index (χ4n) is 2.80. The Morgan fingerprint density at radius 1 is 1.04 bits per heavy atom. The zero-order valence-corrected chi connectivity index (χ0v) is 13.3. The fraction of sp³-hybridized carbons (Fsp3) is 0.500. The summed E-state index contributed by atoms with van der Waals surface area (Å²) in [5.41, 5.74) is 0.901. The Balaban J connectivity index is 1.86. The van der Waals surface area contributed by atoms with Crippen LogP contribution < -0.4 is 4.74 Å². The van der Waals surface area contributed by atoms with Crippen molar-refractivity contribution in [2.75, 3.05) is 0 Å². The summed E-state index contributed by atoms with van der Waals surface area (Å²) in [4.78, 5) is 34.4. The number of carboxylic acid groups (broad SMARTS) is 1. The minimum atomic E-state index is -0.783. The summed E-state index contributed by atoms with van der Waals surface area (Å²) in [6, 6.07) is 6.97. The number of carboxylic acids is 1. The summed E-state index contributed by atoms with van der Waals surface area (Å²) in [6.07, 6.45) is 3.05. The summed E-state index contributed by atoms with van der Waals surface area (Å²) >= 11 is 0. The van der Waals surface area contributed by atoms with Gasteiger partial charge in [0.1, 0.15) is 11.5 Å². The molecule has 0 spiro atoms. The normalized spacial score (nSPS) is 20.7.